The molecule has 0 radical (unpaired) electrons. The number of aromatic nitrogens is 2. The third kappa shape index (κ3) is 4.01. The number of ether oxygens (including phenoxy) is 1. The van der Waals surface area contributed by atoms with Crippen LogP contribution in [0.3, 0.4) is 0 Å². The van der Waals surface area contributed by atoms with Gasteiger partial charge in [0.2, 0.25) is 0 Å². The smallest absolute Gasteiger partial charge is 0.160 e. The Bertz CT molecular complexity index is 456. The lowest BCUT2D eigenvalue weighted by molar-refractivity contribution is 0.00902. The van der Waals surface area contributed by atoms with Crippen molar-refractivity contribution in [1.29, 1.82) is 0 Å². The lowest BCUT2D eigenvalue weighted by atomic mass is 10.00. The molecule has 1 aliphatic heterocycles. The molecule has 1 atom stereocenters. The number of aryl methyl sites for hydroxylation is 2. The molecule has 1 aliphatic rings. The summed E-state index contributed by atoms with van der Waals surface area (Å²) in [7, 11) is 0. The fourth-order valence-corrected chi connectivity index (χ4v) is 2.95. The van der Waals surface area contributed by atoms with Crippen LogP contribution in [-0.2, 0) is 16.8 Å². The molecule has 4 heteroatoms. The second-order valence-electron chi connectivity index (χ2n) is 6.59. The maximum atomic E-state index is 5.87. The Hall–Kier alpha value is -1.00. The molecule has 1 N–H and O–H groups in total. The monoisotopic (exact) mass is 291 g/mol. The standard InChI is InChI=1S/C17H29N3O/c1-12(2)18-10-6-8-15-13(3)19-16(20-14(15)4)17(5)9-7-11-21-17/h12,18H,6-11H2,1-5H3. The maximum Gasteiger partial charge on any atom is 0.160 e. The topological polar surface area (TPSA) is 47.0 Å². The fourth-order valence-electron chi connectivity index (χ4n) is 2.95. The summed E-state index contributed by atoms with van der Waals surface area (Å²) in [5.41, 5.74) is 3.23. The zero-order chi connectivity index (χ0) is 15.5. The van der Waals surface area contributed by atoms with E-state index in [4.69, 9.17) is 14.7 Å². The van der Waals surface area contributed by atoms with Crippen molar-refractivity contribution in [1.82, 2.24) is 15.3 Å². The Labute approximate surface area is 128 Å². The van der Waals surface area contributed by atoms with Crippen LogP contribution in [0.5, 0.6) is 0 Å². The zero-order valence-corrected chi connectivity index (χ0v) is 14.1. The van der Waals surface area contributed by atoms with E-state index in [9.17, 15) is 0 Å². The van der Waals surface area contributed by atoms with Gasteiger partial charge in [-0.25, -0.2) is 9.97 Å². The van der Waals surface area contributed by atoms with E-state index in [0.717, 1.165) is 56.0 Å². The molecule has 1 aromatic heterocycles. The van der Waals surface area contributed by atoms with Crippen molar-refractivity contribution in [2.45, 2.75) is 71.9 Å². The predicted molar refractivity (Wildman–Crippen MR) is 85.5 cm³/mol. The minimum absolute atomic E-state index is 0.284. The van der Waals surface area contributed by atoms with E-state index in [1.54, 1.807) is 0 Å². The third-order valence-electron chi connectivity index (χ3n) is 4.27. The first-order chi connectivity index (χ1) is 9.92. The highest BCUT2D eigenvalue weighted by atomic mass is 16.5. The number of hydrogen-bond donors (Lipinski definition) is 1. The van der Waals surface area contributed by atoms with E-state index >= 15 is 0 Å². The molecule has 0 spiro atoms. The SMILES string of the molecule is Cc1nc(C2(C)CCCO2)nc(C)c1CCCNC(C)C. The van der Waals surface area contributed by atoms with E-state index in [1.165, 1.54) is 5.56 Å². The van der Waals surface area contributed by atoms with Gasteiger partial charge in [0.25, 0.3) is 0 Å². The molecule has 2 heterocycles. The van der Waals surface area contributed by atoms with Crippen LogP contribution in [0.2, 0.25) is 0 Å². The van der Waals surface area contributed by atoms with Crippen LogP contribution in [0.25, 0.3) is 0 Å². The largest absolute Gasteiger partial charge is 0.367 e. The Kier molecular flexibility index (Phi) is 5.33. The van der Waals surface area contributed by atoms with Gasteiger partial charge < -0.3 is 10.1 Å². The second-order valence-corrected chi connectivity index (χ2v) is 6.59. The van der Waals surface area contributed by atoms with Gasteiger partial charge in [-0.2, -0.15) is 0 Å². The van der Waals surface area contributed by atoms with Crippen LogP contribution >= 0.6 is 0 Å². The van der Waals surface area contributed by atoms with Gasteiger partial charge in [-0.3, -0.25) is 0 Å². The van der Waals surface area contributed by atoms with Crippen LogP contribution in [0, 0.1) is 13.8 Å². The molecule has 1 saturated heterocycles. The Morgan fingerprint density at radius 3 is 2.43 bits per heavy atom. The molecule has 0 bridgehead atoms. The lowest BCUT2D eigenvalue weighted by Gasteiger charge is -2.23. The highest BCUT2D eigenvalue weighted by molar-refractivity contribution is 5.26. The summed E-state index contributed by atoms with van der Waals surface area (Å²) in [5.74, 6) is 0.860. The highest BCUT2D eigenvalue weighted by Crippen LogP contribution is 2.34. The van der Waals surface area contributed by atoms with E-state index < -0.39 is 0 Å². The Morgan fingerprint density at radius 1 is 1.24 bits per heavy atom. The van der Waals surface area contributed by atoms with Crippen molar-refractivity contribution < 1.29 is 4.74 Å². The normalized spacial score (nSPS) is 22.2. The molecule has 21 heavy (non-hydrogen) atoms. The molecular formula is C17H29N3O. The van der Waals surface area contributed by atoms with Gasteiger partial charge in [-0.05, 0) is 58.6 Å². The first-order valence-corrected chi connectivity index (χ1v) is 8.14. The molecular weight excluding hydrogens is 262 g/mol. The van der Waals surface area contributed by atoms with E-state index in [0.29, 0.717) is 6.04 Å². The summed E-state index contributed by atoms with van der Waals surface area (Å²) in [5, 5.41) is 3.46. The summed E-state index contributed by atoms with van der Waals surface area (Å²) < 4.78 is 5.87. The molecule has 0 aromatic carbocycles. The molecule has 2 rings (SSSR count). The summed E-state index contributed by atoms with van der Waals surface area (Å²) in [6.07, 6.45) is 4.27. The Morgan fingerprint density at radius 2 is 1.90 bits per heavy atom. The van der Waals surface area contributed by atoms with Crippen LogP contribution < -0.4 is 5.32 Å². The number of nitrogens with one attached hydrogen (secondary N) is 1. The number of rotatable bonds is 6. The van der Waals surface area contributed by atoms with Crippen molar-refractivity contribution in [3.63, 3.8) is 0 Å². The van der Waals surface area contributed by atoms with Crippen LogP contribution in [0.15, 0.2) is 0 Å². The number of hydrogen-bond acceptors (Lipinski definition) is 4. The van der Waals surface area contributed by atoms with Crippen molar-refractivity contribution in [2.24, 2.45) is 0 Å². The quantitative estimate of drug-likeness (QED) is 0.818. The molecule has 0 amide bonds. The van der Waals surface area contributed by atoms with E-state index in [-0.39, 0.29) is 5.60 Å². The van der Waals surface area contributed by atoms with Gasteiger partial charge in [-0.1, -0.05) is 13.8 Å². The highest BCUT2D eigenvalue weighted by Gasteiger charge is 2.35. The molecule has 0 aliphatic carbocycles. The van der Waals surface area contributed by atoms with Crippen LogP contribution in [0.1, 0.15) is 62.8 Å². The number of nitrogens with zero attached hydrogens (tertiary/aromatic N) is 2. The minimum Gasteiger partial charge on any atom is -0.367 e. The first kappa shape index (κ1) is 16.4. The average Bonchev–Trinajstić information content (AvgIpc) is 2.84. The molecule has 1 aromatic rings. The van der Waals surface area contributed by atoms with Crippen LogP contribution in [-0.4, -0.2) is 29.2 Å². The molecule has 0 saturated carbocycles. The Balaban J connectivity index is 2.07. The molecule has 1 unspecified atom stereocenters. The first-order valence-electron chi connectivity index (χ1n) is 8.14. The van der Waals surface area contributed by atoms with Gasteiger partial charge in [0.05, 0.1) is 0 Å². The van der Waals surface area contributed by atoms with Gasteiger partial charge >= 0.3 is 0 Å². The van der Waals surface area contributed by atoms with Crippen molar-refractivity contribution in [2.75, 3.05) is 13.2 Å². The fraction of sp³-hybridized carbons (Fsp3) is 0.765. The minimum atomic E-state index is -0.284. The summed E-state index contributed by atoms with van der Waals surface area (Å²) in [6.45, 7) is 12.5. The van der Waals surface area contributed by atoms with Gasteiger partial charge in [0.1, 0.15) is 5.60 Å². The third-order valence-corrected chi connectivity index (χ3v) is 4.27. The molecule has 1 fully saturated rings. The van der Waals surface area contributed by atoms with Crippen LogP contribution in [0.4, 0.5) is 0 Å². The van der Waals surface area contributed by atoms with Crippen molar-refractivity contribution in [3.05, 3.63) is 22.8 Å². The summed E-state index contributed by atoms with van der Waals surface area (Å²) in [6, 6.07) is 0.547. The average molecular weight is 291 g/mol. The van der Waals surface area contributed by atoms with Gasteiger partial charge in [0, 0.05) is 24.0 Å². The predicted octanol–water partition coefficient (Wildman–Crippen LogP) is 3.05. The second kappa shape index (κ2) is 6.84. The van der Waals surface area contributed by atoms with E-state index in [2.05, 4.69) is 39.9 Å². The lowest BCUT2D eigenvalue weighted by Crippen LogP contribution is -2.26. The summed E-state index contributed by atoms with van der Waals surface area (Å²) in [4.78, 5) is 9.49. The van der Waals surface area contributed by atoms with Crippen molar-refractivity contribution in [3.8, 4) is 0 Å². The zero-order valence-electron chi connectivity index (χ0n) is 14.1. The van der Waals surface area contributed by atoms with Gasteiger partial charge in [0.15, 0.2) is 5.82 Å². The van der Waals surface area contributed by atoms with E-state index in [1.807, 2.05) is 0 Å². The summed E-state index contributed by atoms with van der Waals surface area (Å²) >= 11 is 0. The van der Waals surface area contributed by atoms with Gasteiger partial charge in [-0.15, -0.1) is 0 Å². The maximum absolute atomic E-state index is 5.87. The van der Waals surface area contributed by atoms with Crippen molar-refractivity contribution >= 4 is 0 Å². The molecule has 4 nitrogen and oxygen atoms in total. The molecule has 118 valence electrons.